The van der Waals surface area contributed by atoms with Gasteiger partial charge in [0, 0.05) is 11.1 Å². The molecule has 168 valence electrons. The van der Waals surface area contributed by atoms with E-state index >= 15 is 0 Å². The smallest absolute Gasteiger partial charge is 0.273 e. The van der Waals surface area contributed by atoms with E-state index in [1.807, 2.05) is 24.5 Å². The lowest BCUT2D eigenvalue weighted by molar-refractivity contribution is -1.04. The molecule has 2 atom stereocenters. The average molecular weight is 447 g/mol. The topological polar surface area (TPSA) is 111 Å². The highest BCUT2D eigenvalue weighted by Crippen LogP contribution is 1.97. The zero-order valence-corrected chi connectivity index (χ0v) is 18.5. The number of hydrogen-bond donors (Lipinski definition) is 6. The molecule has 2 unspecified atom stereocenters. The minimum absolute atomic E-state index is 0.518. The standard InChI is InChI=1S/C23H26N10/c24-13-26-22-28-15-30(11-20-7-3-1-4-8-20)17-32(22)19-33-18-31(16-29-23(33)27-14-25)12-21-9-5-2-6-10-21/h1-10H,11-12,15-19H2,(H2,26,27,28,29)/p+4. The Kier molecular flexibility index (Phi) is 7.33. The molecule has 0 saturated heterocycles. The second kappa shape index (κ2) is 11.0. The Hall–Kier alpha value is -4.12. The van der Waals surface area contributed by atoms with Gasteiger partial charge in [0.15, 0.2) is 20.0 Å². The van der Waals surface area contributed by atoms with Gasteiger partial charge in [0.05, 0.1) is 0 Å². The minimum atomic E-state index is 0.518. The maximum atomic E-state index is 9.24. The van der Waals surface area contributed by atoms with Crippen molar-refractivity contribution in [3.05, 3.63) is 71.8 Å². The molecule has 10 nitrogen and oxygen atoms in total. The van der Waals surface area contributed by atoms with Crippen LogP contribution < -0.4 is 31.1 Å². The fraction of sp³-hybridized carbons (Fsp3) is 0.304. The molecule has 4 rings (SSSR count). The van der Waals surface area contributed by atoms with E-state index < -0.39 is 0 Å². The molecule has 33 heavy (non-hydrogen) atoms. The highest BCUT2D eigenvalue weighted by Gasteiger charge is 2.32. The van der Waals surface area contributed by atoms with Gasteiger partial charge < -0.3 is 0 Å². The highest BCUT2D eigenvalue weighted by molar-refractivity contribution is 5.77. The maximum absolute atomic E-state index is 9.24. The summed E-state index contributed by atoms with van der Waals surface area (Å²) in [5.74, 6) is 1.36. The third-order valence-corrected chi connectivity index (χ3v) is 5.76. The van der Waals surface area contributed by atoms with Crippen LogP contribution >= 0.6 is 0 Å². The molecule has 0 spiro atoms. The molecular formula is C23H30N10+4. The first-order valence-corrected chi connectivity index (χ1v) is 11.0. The van der Waals surface area contributed by atoms with Crippen molar-refractivity contribution in [1.82, 2.24) is 21.3 Å². The second-order valence-corrected chi connectivity index (χ2v) is 8.24. The average Bonchev–Trinajstić information content (AvgIpc) is 2.84. The van der Waals surface area contributed by atoms with Crippen molar-refractivity contribution in [1.29, 1.82) is 10.5 Å². The molecule has 2 aromatic carbocycles. The highest BCUT2D eigenvalue weighted by atomic mass is 15.5. The predicted octanol–water partition coefficient (Wildman–Crippen LogP) is -2.97. The summed E-state index contributed by atoms with van der Waals surface area (Å²) in [5, 5.41) is 30.7. The van der Waals surface area contributed by atoms with Crippen LogP contribution in [0.5, 0.6) is 0 Å². The van der Waals surface area contributed by atoms with Crippen molar-refractivity contribution < 1.29 is 19.0 Å². The largest absolute Gasteiger partial charge is 0.371 e. The van der Waals surface area contributed by atoms with Gasteiger partial charge in [-0.3, -0.25) is 9.80 Å². The number of rotatable bonds is 6. The van der Waals surface area contributed by atoms with Gasteiger partial charge in [-0.15, -0.1) is 0 Å². The number of nitrogens with one attached hydrogen (secondary N) is 6. The van der Waals surface area contributed by atoms with Gasteiger partial charge in [0.1, 0.15) is 13.1 Å². The predicted molar refractivity (Wildman–Crippen MR) is 121 cm³/mol. The van der Waals surface area contributed by atoms with Crippen molar-refractivity contribution in [3.8, 4) is 12.4 Å². The second-order valence-electron chi connectivity index (χ2n) is 8.24. The summed E-state index contributed by atoms with van der Waals surface area (Å²) >= 11 is 0. The first-order chi connectivity index (χ1) is 16.2. The van der Waals surface area contributed by atoms with Crippen molar-refractivity contribution in [2.75, 3.05) is 33.3 Å². The van der Waals surface area contributed by atoms with E-state index in [0.29, 0.717) is 31.9 Å². The molecule has 10 heteroatoms. The molecule has 0 fully saturated rings. The lowest BCUT2D eigenvalue weighted by Gasteiger charge is -2.28. The quantitative estimate of drug-likeness (QED) is 0.161. The third kappa shape index (κ3) is 5.98. The van der Waals surface area contributed by atoms with Crippen LogP contribution in [0, 0.1) is 22.9 Å². The van der Waals surface area contributed by atoms with Crippen LogP contribution in [0.4, 0.5) is 0 Å². The number of nitriles is 2. The Balaban J connectivity index is 1.51. The van der Waals surface area contributed by atoms with Crippen LogP contribution in [0.3, 0.4) is 0 Å². The Morgan fingerprint density at radius 2 is 1.15 bits per heavy atom. The van der Waals surface area contributed by atoms with Crippen LogP contribution in [-0.2, 0) is 13.1 Å². The van der Waals surface area contributed by atoms with Crippen molar-refractivity contribution >= 4 is 11.9 Å². The van der Waals surface area contributed by atoms with E-state index in [-0.39, 0.29) is 0 Å². The summed E-state index contributed by atoms with van der Waals surface area (Å²) in [6.07, 6.45) is 4.06. The number of benzene rings is 2. The van der Waals surface area contributed by atoms with Gasteiger partial charge in [0.25, 0.3) is 12.4 Å². The molecule has 2 aliphatic rings. The molecule has 0 radical (unpaired) electrons. The number of nitrogens with zero attached hydrogens (tertiary/aromatic N) is 4. The lowest BCUT2D eigenvalue weighted by atomic mass is 10.2. The Morgan fingerprint density at radius 3 is 1.55 bits per heavy atom. The molecule has 2 aromatic rings. The van der Waals surface area contributed by atoms with Crippen LogP contribution in [0.25, 0.3) is 0 Å². The minimum Gasteiger partial charge on any atom is -0.273 e. The monoisotopic (exact) mass is 446 g/mol. The lowest BCUT2D eigenvalue weighted by Crippen LogP contribution is -3.16. The van der Waals surface area contributed by atoms with E-state index in [1.54, 1.807) is 0 Å². The van der Waals surface area contributed by atoms with Crippen LogP contribution in [0.1, 0.15) is 11.1 Å². The summed E-state index contributed by atoms with van der Waals surface area (Å²) in [7, 11) is 0. The van der Waals surface area contributed by atoms with E-state index in [2.05, 4.69) is 78.9 Å². The molecule has 0 bridgehead atoms. The zero-order chi connectivity index (χ0) is 22.9. The van der Waals surface area contributed by atoms with Gasteiger partial charge in [0.2, 0.25) is 13.3 Å². The van der Waals surface area contributed by atoms with Crippen molar-refractivity contribution in [2.24, 2.45) is 0 Å². The summed E-state index contributed by atoms with van der Waals surface area (Å²) in [6, 6.07) is 20.8. The Labute approximate surface area is 193 Å². The molecule has 0 amide bonds. The van der Waals surface area contributed by atoms with Gasteiger partial charge >= 0.3 is 11.9 Å². The van der Waals surface area contributed by atoms with Crippen molar-refractivity contribution in [3.63, 3.8) is 0 Å². The SMILES string of the molecule is N#CNC1=[N+](C[N+]2=C(NC#N)NC[NH+](Cc3ccccc3)C2)C[NH+](Cc2ccccc2)CN1. The molecular weight excluding hydrogens is 416 g/mol. The normalized spacial score (nSPS) is 20.2. The number of guanidine groups is 2. The molecule has 0 aromatic heterocycles. The maximum Gasteiger partial charge on any atom is 0.371 e. The fourth-order valence-electron chi connectivity index (χ4n) is 4.26. The van der Waals surface area contributed by atoms with E-state index in [1.165, 1.54) is 20.9 Å². The molecule has 2 aliphatic heterocycles. The molecule has 0 saturated carbocycles. The Bertz CT molecular complexity index is 994. The number of hydrogen-bond acceptors (Lipinski definition) is 6. The first-order valence-electron chi connectivity index (χ1n) is 11.0. The molecule has 0 aliphatic carbocycles. The zero-order valence-electron chi connectivity index (χ0n) is 18.5. The third-order valence-electron chi connectivity index (χ3n) is 5.76. The molecule has 6 N–H and O–H groups in total. The van der Waals surface area contributed by atoms with Crippen LogP contribution in [0.2, 0.25) is 0 Å². The molecule has 2 heterocycles. The van der Waals surface area contributed by atoms with Gasteiger partial charge in [-0.2, -0.15) is 30.3 Å². The Morgan fingerprint density at radius 1 is 0.727 bits per heavy atom. The summed E-state index contributed by atoms with van der Waals surface area (Å²) in [5.41, 5.74) is 2.53. The van der Waals surface area contributed by atoms with E-state index in [9.17, 15) is 10.5 Å². The van der Waals surface area contributed by atoms with Crippen LogP contribution in [-0.4, -0.2) is 54.4 Å². The summed E-state index contributed by atoms with van der Waals surface area (Å²) in [6.45, 7) is 5.14. The van der Waals surface area contributed by atoms with Gasteiger partial charge in [-0.05, 0) is 0 Å². The fourth-order valence-corrected chi connectivity index (χ4v) is 4.26. The van der Waals surface area contributed by atoms with Gasteiger partial charge in [-0.1, -0.05) is 60.7 Å². The summed E-state index contributed by atoms with van der Waals surface area (Å²) in [4.78, 5) is 2.66. The van der Waals surface area contributed by atoms with Crippen LogP contribution in [0.15, 0.2) is 60.7 Å². The number of quaternary nitrogens is 2. The summed E-state index contributed by atoms with van der Waals surface area (Å²) < 4.78 is 4.22. The van der Waals surface area contributed by atoms with E-state index in [4.69, 9.17) is 0 Å². The van der Waals surface area contributed by atoms with Gasteiger partial charge in [-0.25, -0.2) is 10.6 Å². The van der Waals surface area contributed by atoms with E-state index in [0.717, 1.165) is 26.4 Å². The first kappa shape index (κ1) is 22.1. The van der Waals surface area contributed by atoms with Crippen molar-refractivity contribution in [2.45, 2.75) is 13.1 Å².